The molecular formula is C16H12O3. The first-order chi connectivity index (χ1) is 9.13. The summed E-state index contributed by atoms with van der Waals surface area (Å²) in [6, 6.07) is 14.6. The lowest BCUT2D eigenvalue weighted by Crippen LogP contribution is -2.33. The van der Waals surface area contributed by atoms with Gasteiger partial charge in [-0.05, 0) is 22.8 Å². The third kappa shape index (κ3) is 1.67. The molecule has 1 aliphatic carbocycles. The van der Waals surface area contributed by atoms with Crippen LogP contribution in [0.5, 0.6) is 0 Å². The van der Waals surface area contributed by atoms with Crippen molar-refractivity contribution in [3.8, 4) is 11.1 Å². The molecule has 0 amide bonds. The molecule has 94 valence electrons. The van der Waals surface area contributed by atoms with Gasteiger partial charge in [-0.25, -0.2) is 4.79 Å². The van der Waals surface area contributed by atoms with Crippen LogP contribution in [-0.4, -0.2) is 16.2 Å². The average molecular weight is 252 g/mol. The first-order valence-electron chi connectivity index (χ1n) is 5.97. The minimum Gasteiger partial charge on any atom is -0.479 e. The number of carbonyl (C=O) groups is 1. The van der Waals surface area contributed by atoms with Crippen LogP contribution in [0, 0.1) is 0 Å². The van der Waals surface area contributed by atoms with Crippen molar-refractivity contribution in [1.82, 2.24) is 0 Å². The predicted molar refractivity (Wildman–Crippen MR) is 72.4 cm³/mol. The van der Waals surface area contributed by atoms with E-state index in [0.717, 1.165) is 16.7 Å². The number of aliphatic hydroxyl groups is 1. The molecule has 3 heteroatoms. The van der Waals surface area contributed by atoms with Gasteiger partial charge in [0.05, 0.1) is 0 Å². The van der Waals surface area contributed by atoms with Crippen LogP contribution in [-0.2, 0) is 10.4 Å². The first-order valence-corrected chi connectivity index (χ1v) is 5.97. The van der Waals surface area contributed by atoms with Gasteiger partial charge in [-0.2, -0.15) is 0 Å². The minimum absolute atomic E-state index is 0.392. The largest absolute Gasteiger partial charge is 0.479 e. The molecule has 3 nitrogen and oxygen atoms in total. The summed E-state index contributed by atoms with van der Waals surface area (Å²) in [6.45, 7) is 0. The average Bonchev–Trinajstić information content (AvgIpc) is 2.57. The quantitative estimate of drug-likeness (QED) is 0.820. The lowest BCUT2D eigenvalue weighted by Gasteiger charge is -2.21. The van der Waals surface area contributed by atoms with Gasteiger partial charge < -0.3 is 10.2 Å². The van der Waals surface area contributed by atoms with Crippen molar-refractivity contribution in [2.75, 3.05) is 0 Å². The third-order valence-electron chi connectivity index (χ3n) is 3.42. The molecule has 0 radical (unpaired) electrons. The van der Waals surface area contributed by atoms with Gasteiger partial charge in [0.25, 0.3) is 0 Å². The predicted octanol–water partition coefficient (Wildman–Crippen LogP) is 2.65. The zero-order valence-corrected chi connectivity index (χ0v) is 10.1. The SMILES string of the molecule is O=C(O)C1(O)C=Cc2ccccc2-c2ccccc21. The summed E-state index contributed by atoms with van der Waals surface area (Å²) < 4.78 is 0. The molecule has 0 fully saturated rings. The lowest BCUT2D eigenvalue weighted by molar-refractivity contribution is -0.154. The fraction of sp³-hybridized carbons (Fsp3) is 0.0625. The smallest absolute Gasteiger partial charge is 0.344 e. The van der Waals surface area contributed by atoms with Crippen LogP contribution < -0.4 is 0 Å². The topological polar surface area (TPSA) is 57.5 Å². The molecule has 3 rings (SSSR count). The normalized spacial score (nSPS) is 20.3. The molecule has 2 aromatic carbocycles. The molecule has 0 aliphatic heterocycles. The van der Waals surface area contributed by atoms with Crippen LogP contribution in [0.25, 0.3) is 17.2 Å². The fourth-order valence-electron chi connectivity index (χ4n) is 2.42. The molecule has 2 N–H and O–H groups in total. The summed E-state index contributed by atoms with van der Waals surface area (Å²) >= 11 is 0. The van der Waals surface area contributed by atoms with Gasteiger partial charge in [0.1, 0.15) is 0 Å². The van der Waals surface area contributed by atoms with E-state index in [4.69, 9.17) is 0 Å². The van der Waals surface area contributed by atoms with E-state index in [1.165, 1.54) is 6.08 Å². The third-order valence-corrected chi connectivity index (χ3v) is 3.42. The molecule has 19 heavy (non-hydrogen) atoms. The Morgan fingerprint density at radius 1 is 0.947 bits per heavy atom. The second kappa shape index (κ2) is 4.07. The van der Waals surface area contributed by atoms with Crippen LogP contribution in [0.3, 0.4) is 0 Å². The molecule has 1 aliphatic rings. The summed E-state index contributed by atoms with van der Waals surface area (Å²) in [4.78, 5) is 11.4. The highest BCUT2D eigenvalue weighted by atomic mass is 16.4. The molecule has 0 bridgehead atoms. The van der Waals surface area contributed by atoms with Gasteiger partial charge in [0, 0.05) is 5.56 Å². The Balaban J connectivity index is 2.38. The van der Waals surface area contributed by atoms with Crippen molar-refractivity contribution in [3.63, 3.8) is 0 Å². The Bertz CT molecular complexity index is 688. The lowest BCUT2D eigenvalue weighted by atomic mass is 9.88. The van der Waals surface area contributed by atoms with E-state index in [-0.39, 0.29) is 0 Å². The van der Waals surface area contributed by atoms with Crippen molar-refractivity contribution in [2.45, 2.75) is 5.60 Å². The molecule has 0 aromatic heterocycles. The maximum atomic E-state index is 11.4. The highest BCUT2D eigenvalue weighted by Crippen LogP contribution is 2.38. The molecule has 0 spiro atoms. The van der Waals surface area contributed by atoms with Crippen LogP contribution in [0.1, 0.15) is 11.1 Å². The summed E-state index contributed by atoms with van der Waals surface area (Å²) in [7, 11) is 0. The molecule has 0 heterocycles. The molecule has 0 saturated heterocycles. The summed E-state index contributed by atoms with van der Waals surface area (Å²) in [5, 5.41) is 19.8. The van der Waals surface area contributed by atoms with E-state index in [0.29, 0.717) is 5.56 Å². The maximum Gasteiger partial charge on any atom is 0.344 e. The monoisotopic (exact) mass is 252 g/mol. The van der Waals surface area contributed by atoms with Gasteiger partial charge in [-0.15, -0.1) is 0 Å². The Morgan fingerprint density at radius 2 is 1.58 bits per heavy atom. The van der Waals surface area contributed by atoms with E-state index < -0.39 is 11.6 Å². The number of benzene rings is 2. The fourth-order valence-corrected chi connectivity index (χ4v) is 2.42. The second-order valence-corrected chi connectivity index (χ2v) is 4.54. The van der Waals surface area contributed by atoms with E-state index in [9.17, 15) is 15.0 Å². The number of carboxylic acids is 1. The number of rotatable bonds is 1. The van der Waals surface area contributed by atoms with Crippen molar-refractivity contribution >= 4 is 12.0 Å². The summed E-state index contributed by atoms with van der Waals surface area (Å²) in [6.07, 6.45) is 2.99. The molecule has 1 atom stereocenters. The zero-order valence-electron chi connectivity index (χ0n) is 10.1. The number of hydrogen-bond donors (Lipinski definition) is 2. The zero-order chi connectivity index (χ0) is 13.5. The van der Waals surface area contributed by atoms with E-state index in [2.05, 4.69) is 0 Å². The van der Waals surface area contributed by atoms with E-state index in [1.807, 2.05) is 36.4 Å². The number of aliphatic carboxylic acids is 1. The second-order valence-electron chi connectivity index (χ2n) is 4.54. The van der Waals surface area contributed by atoms with E-state index in [1.54, 1.807) is 18.2 Å². The van der Waals surface area contributed by atoms with Crippen molar-refractivity contribution in [1.29, 1.82) is 0 Å². The van der Waals surface area contributed by atoms with Crippen molar-refractivity contribution in [2.24, 2.45) is 0 Å². The highest BCUT2D eigenvalue weighted by molar-refractivity contribution is 5.91. The van der Waals surface area contributed by atoms with Gasteiger partial charge in [-0.3, -0.25) is 0 Å². The number of carboxylic acid groups (broad SMARTS) is 1. The van der Waals surface area contributed by atoms with Crippen LogP contribution in [0.15, 0.2) is 54.6 Å². The van der Waals surface area contributed by atoms with Gasteiger partial charge in [-0.1, -0.05) is 54.6 Å². The molecular weight excluding hydrogens is 240 g/mol. The van der Waals surface area contributed by atoms with Crippen molar-refractivity contribution < 1.29 is 15.0 Å². The highest BCUT2D eigenvalue weighted by Gasteiger charge is 2.38. The molecule has 1 unspecified atom stereocenters. The molecule has 2 aromatic rings. The van der Waals surface area contributed by atoms with Crippen LogP contribution in [0.2, 0.25) is 0 Å². The first kappa shape index (κ1) is 11.7. The van der Waals surface area contributed by atoms with Gasteiger partial charge in [0.2, 0.25) is 5.60 Å². The Kier molecular flexibility index (Phi) is 2.50. The maximum absolute atomic E-state index is 11.4. The van der Waals surface area contributed by atoms with Gasteiger partial charge in [0.15, 0.2) is 0 Å². The minimum atomic E-state index is -1.99. The van der Waals surface area contributed by atoms with Crippen LogP contribution >= 0.6 is 0 Å². The Morgan fingerprint density at radius 3 is 2.32 bits per heavy atom. The summed E-state index contributed by atoms with van der Waals surface area (Å²) in [5.74, 6) is -1.27. The number of fused-ring (bicyclic) bond motifs is 3. The Hall–Kier alpha value is -2.39. The van der Waals surface area contributed by atoms with Crippen LogP contribution in [0.4, 0.5) is 0 Å². The van der Waals surface area contributed by atoms with Gasteiger partial charge >= 0.3 is 5.97 Å². The Labute approximate surface area is 110 Å². The van der Waals surface area contributed by atoms with E-state index >= 15 is 0 Å². The standard InChI is InChI=1S/C16H12O3/c17-15(18)16(19)10-9-11-5-1-2-6-12(11)13-7-3-4-8-14(13)16/h1-10,19H,(H,17,18). The molecule has 0 saturated carbocycles. The van der Waals surface area contributed by atoms with Crippen molar-refractivity contribution in [3.05, 3.63) is 65.7 Å². The number of hydrogen-bond acceptors (Lipinski definition) is 2. The summed E-state index contributed by atoms with van der Waals surface area (Å²) in [5.41, 5.74) is 0.964.